The first kappa shape index (κ1) is 44.4. The van der Waals surface area contributed by atoms with Gasteiger partial charge in [0.25, 0.3) is 0 Å². The van der Waals surface area contributed by atoms with Gasteiger partial charge in [-0.15, -0.1) is 0 Å². The Balaban J connectivity index is 0.000000316. The summed E-state index contributed by atoms with van der Waals surface area (Å²) in [6.45, 7) is 6.71. The third-order valence-corrected chi connectivity index (χ3v) is 9.81. The minimum atomic E-state index is -4.32. The van der Waals surface area contributed by atoms with Crippen LogP contribution in [0.3, 0.4) is 0 Å². The number of carbonyl (C=O) groups excluding carboxylic acids is 3. The second kappa shape index (κ2) is 21.8. The number of rotatable bonds is 15. The summed E-state index contributed by atoms with van der Waals surface area (Å²) in [7, 11) is 3.66. The van der Waals surface area contributed by atoms with Gasteiger partial charge in [-0.1, -0.05) is 65.7 Å². The summed E-state index contributed by atoms with van der Waals surface area (Å²) in [5, 5.41) is 9.19. The number of nitrogens with one attached hydrogen (secondary N) is 3. The zero-order valence-electron chi connectivity index (χ0n) is 33.5. The molecule has 0 radical (unpaired) electrons. The van der Waals surface area contributed by atoms with Crippen molar-refractivity contribution in [3.8, 4) is 5.75 Å². The number of ether oxygens (including phenoxy) is 2. The lowest BCUT2D eigenvalue weighted by molar-refractivity contribution is -0.146. The van der Waals surface area contributed by atoms with Crippen molar-refractivity contribution >= 4 is 29.2 Å². The molecule has 1 fully saturated rings. The molecule has 9 nitrogen and oxygen atoms in total. The summed E-state index contributed by atoms with van der Waals surface area (Å²) in [5.74, 6) is 0.622. The molecule has 1 aliphatic carbocycles. The van der Waals surface area contributed by atoms with Gasteiger partial charge in [-0.25, -0.2) is 0 Å². The molecule has 0 bridgehead atoms. The van der Waals surface area contributed by atoms with Crippen LogP contribution in [0, 0.1) is 19.8 Å². The predicted molar refractivity (Wildman–Crippen MR) is 217 cm³/mol. The van der Waals surface area contributed by atoms with Crippen molar-refractivity contribution in [3.63, 3.8) is 0 Å². The maximum Gasteiger partial charge on any atom is 0.416 e. The van der Waals surface area contributed by atoms with Crippen LogP contribution in [-0.2, 0) is 38.4 Å². The van der Waals surface area contributed by atoms with Gasteiger partial charge in [-0.05, 0) is 106 Å². The molecule has 2 amide bonds. The summed E-state index contributed by atoms with van der Waals surface area (Å²) in [4.78, 5) is 37.7. The topological polar surface area (TPSA) is 109 Å². The first-order chi connectivity index (χ1) is 27.2. The van der Waals surface area contributed by atoms with E-state index in [1.54, 1.807) is 18.0 Å². The predicted octanol–water partition coefficient (Wildman–Crippen LogP) is 8.58. The van der Waals surface area contributed by atoms with Gasteiger partial charge in [-0.2, -0.15) is 13.2 Å². The fraction of sp³-hybridized carbons (Fsp3) is 0.400. The molecule has 0 heterocycles. The minimum absolute atomic E-state index is 0.00618. The summed E-state index contributed by atoms with van der Waals surface area (Å²) in [6, 6.07) is 28.8. The van der Waals surface area contributed by atoms with E-state index in [0.717, 1.165) is 53.8 Å². The van der Waals surface area contributed by atoms with Crippen LogP contribution >= 0.6 is 0 Å². The van der Waals surface area contributed by atoms with Crippen LogP contribution in [0.15, 0.2) is 97.1 Å². The van der Waals surface area contributed by atoms with Crippen LogP contribution < -0.4 is 25.6 Å². The molecule has 0 spiro atoms. The first-order valence-corrected chi connectivity index (χ1v) is 19.3. The molecule has 57 heavy (non-hydrogen) atoms. The molecule has 0 aliphatic heterocycles. The second-order valence-corrected chi connectivity index (χ2v) is 14.6. The quantitative estimate of drug-likeness (QED) is 0.0819. The van der Waals surface area contributed by atoms with Crippen LogP contribution in [0.2, 0.25) is 0 Å². The SMILES string of the molecule is CNC1CC(CC(=O)OCc2ccc(OCCCC(=O)NCc3ccc(C)cc3)cc2)CC(NC(C)=O)C1.Cc1ccc(N(C)c2cccc(C(F)(F)F)c2)cc1. The van der Waals surface area contributed by atoms with Crippen LogP contribution in [0.4, 0.5) is 24.5 Å². The second-order valence-electron chi connectivity index (χ2n) is 14.6. The van der Waals surface area contributed by atoms with E-state index in [1.165, 1.54) is 18.6 Å². The maximum atomic E-state index is 12.7. The fourth-order valence-electron chi connectivity index (χ4n) is 6.61. The molecule has 4 aromatic rings. The lowest BCUT2D eigenvalue weighted by atomic mass is 9.80. The largest absolute Gasteiger partial charge is 0.494 e. The van der Waals surface area contributed by atoms with E-state index in [-0.39, 0.29) is 42.4 Å². The van der Waals surface area contributed by atoms with Gasteiger partial charge in [0.1, 0.15) is 12.4 Å². The molecule has 0 aromatic heterocycles. The van der Waals surface area contributed by atoms with Crippen LogP contribution in [0.25, 0.3) is 0 Å². The molecule has 306 valence electrons. The average molecular weight is 789 g/mol. The number of hydrogen-bond acceptors (Lipinski definition) is 7. The van der Waals surface area contributed by atoms with E-state index in [9.17, 15) is 27.6 Å². The molecular formula is C45H55F3N4O5. The average Bonchev–Trinajstić information content (AvgIpc) is 3.18. The van der Waals surface area contributed by atoms with Crippen molar-refractivity contribution in [1.82, 2.24) is 16.0 Å². The number of esters is 1. The van der Waals surface area contributed by atoms with E-state index in [1.807, 2.05) is 93.7 Å². The molecule has 1 saturated carbocycles. The van der Waals surface area contributed by atoms with E-state index < -0.39 is 11.7 Å². The van der Waals surface area contributed by atoms with Crippen molar-refractivity contribution in [2.45, 2.75) is 90.7 Å². The number of hydrogen-bond donors (Lipinski definition) is 3. The Kier molecular flexibility index (Phi) is 17.0. The Morgan fingerprint density at radius 1 is 0.807 bits per heavy atom. The number of halogens is 3. The number of anilines is 2. The molecule has 12 heteroatoms. The van der Waals surface area contributed by atoms with E-state index >= 15 is 0 Å². The van der Waals surface area contributed by atoms with Gasteiger partial charge < -0.3 is 30.3 Å². The highest BCUT2D eigenvalue weighted by molar-refractivity contribution is 5.75. The van der Waals surface area contributed by atoms with Crippen molar-refractivity contribution < 1.29 is 37.0 Å². The van der Waals surface area contributed by atoms with Crippen LogP contribution in [0.5, 0.6) is 5.75 Å². The van der Waals surface area contributed by atoms with E-state index in [2.05, 4.69) is 16.0 Å². The number of amides is 2. The number of carbonyl (C=O) groups is 3. The van der Waals surface area contributed by atoms with E-state index in [4.69, 9.17) is 9.47 Å². The highest BCUT2D eigenvalue weighted by atomic mass is 19.4. The summed E-state index contributed by atoms with van der Waals surface area (Å²) < 4.78 is 49.3. The van der Waals surface area contributed by atoms with Gasteiger partial charge in [0, 0.05) is 56.8 Å². The Labute approximate surface area is 334 Å². The molecule has 3 unspecified atom stereocenters. The van der Waals surface area contributed by atoms with Crippen molar-refractivity contribution in [1.29, 1.82) is 0 Å². The molecule has 0 saturated heterocycles. The van der Waals surface area contributed by atoms with Crippen molar-refractivity contribution in [2.75, 3.05) is 25.6 Å². The Morgan fingerprint density at radius 3 is 2.07 bits per heavy atom. The highest BCUT2D eigenvalue weighted by Crippen LogP contribution is 2.33. The lowest BCUT2D eigenvalue weighted by Gasteiger charge is -2.34. The third-order valence-electron chi connectivity index (χ3n) is 9.81. The molecule has 4 aromatic carbocycles. The monoisotopic (exact) mass is 788 g/mol. The molecular weight excluding hydrogens is 734 g/mol. The zero-order valence-corrected chi connectivity index (χ0v) is 33.5. The third kappa shape index (κ3) is 15.6. The summed E-state index contributed by atoms with van der Waals surface area (Å²) in [6.07, 6.45) is -0.399. The Bertz CT molecular complexity index is 1870. The van der Waals surface area contributed by atoms with Gasteiger partial charge in [0.2, 0.25) is 11.8 Å². The molecule has 5 rings (SSSR count). The van der Waals surface area contributed by atoms with Gasteiger partial charge in [-0.3, -0.25) is 14.4 Å². The van der Waals surface area contributed by atoms with Gasteiger partial charge in [0.05, 0.1) is 12.2 Å². The smallest absolute Gasteiger partial charge is 0.416 e. The summed E-state index contributed by atoms with van der Waals surface area (Å²) in [5.41, 5.74) is 5.00. The van der Waals surface area contributed by atoms with Crippen molar-refractivity contribution in [3.05, 3.63) is 125 Å². The van der Waals surface area contributed by atoms with Gasteiger partial charge in [0.15, 0.2) is 0 Å². The van der Waals surface area contributed by atoms with Gasteiger partial charge >= 0.3 is 12.1 Å². The number of alkyl halides is 3. The summed E-state index contributed by atoms with van der Waals surface area (Å²) >= 11 is 0. The fourth-order valence-corrected chi connectivity index (χ4v) is 6.61. The zero-order chi connectivity index (χ0) is 41.4. The molecule has 3 atom stereocenters. The van der Waals surface area contributed by atoms with Crippen LogP contribution in [-0.4, -0.2) is 50.6 Å². The van der Waals surface area contributed by atoms with Crippen molar-refractivity contribution in [2.24, 2.45) is 5.92 Å². The maximum absolute atomic E-state index is 12.7. The highest BCUT2D eigenvalue weighted by Gasteiger charge is 2.31. The molecule has 1 aliphatic rings. The minimum Gasteiger partial charge on any atom is -0.494 e. The normalized spacial score (nSPS) is 16.4. The molecule has 3 N–H and O–H groups in total. The lowest BCUT2D eigenvalue weighted by Crippen LogP contribution is -2.45. The van der Waals surface area contributed by atoms with Crippen LogP contribution in [0.1, 0.15) is 73.3 Å². The number of benzene rings is 4. The standard InChI is InChI=1S/C30H41N3O5.C15H14F3N/c1-21-6-8-23(9-7-21)19-32-29(35)5-4-14-37-28-12-10-24(11-13-28)20-38-30(36)17-25-15-26(31-3)18-27(16-25)33-22(2)34;1-11-6-8-13(9-7-11)19(2)14-5-3-4-12(10-14)15(16,17)18/h6-13,25-27,31H,4-5,14-20H2,1-3H3,(H,32,35)(H,33,34);3-10H,1-2H3. The Morgan fingerprint density at radius 2 is 1.44 bits per heavy atom. The van der Waals surface area contributed by atoms with E-state index in [0.29, 0.717) is 43.9 Å². The first-order valence-electron chi connectivity index (χ1n) is 19.3. The number of nitrogens with zero attached hydrogens (tertiary/aromatic N) is 1. The Hall–Kier alpha value is -5.36. The number of aryl methyl sites for hydroxylation is 2.